The normalized spacial score (nSPS) is 16.8. The summed E-state index contributed by atoms with van der Waals surface area (Å²) >= 11 is 0. The number of hydrogen-bond acceptors (Lipinski definition) is 11. The lowest BCUT2D eigenvalue weighted by molar-refractivity contribution is -0.0189. The van der Waals surface area contributed by atoms with E-state index in [2.05, 4.69) is 27.7 Å². The Morgan fingerprint density at radius 1 is 0.778 bits per heavy atom. The van der Waals surface area contributed by atoms with Gasteiger partial charge in [0, 0.05) is 29.2 Å². The molecule has 3 aromatic carbocycles. The van der Waals surface area contributed by atoms with Crippen LogP contribution in [-0.2, 0) is 17.6 Å². The monoisotopic (exact) mass is 750 g/mol. The van der Waals surface area contributed by atoms with E-state index >= 15 is 0 Å². The number of esters is 1. The van der Waals surface area contributed by atoms with Crippen molar-refractivity contribution in [3.63, 3.8) is 0 Å². The van der Waals surface area contributed by atoms with E-state index in [9.17, 15) is 40.5 Å². The molecule has 54 heavy (non-hydrogen) atoms. The van der Waals surface area contributed by atoms with Crippen LogP contribution in [0.15, 0.2) is 42.0 Å². The molecule has 11 nitrogen and oxygen atoms in total. The maximum absolute atomic E-state index is 13.3. The average Bonchev–Trinajstić information content (AvgIpc) is 3.11. The molecule has 1 aliphatic rings. The second kappa shape index (κ2) is 18.9. The molecule has 0 amide bonds. The third kappa shape index (κ3) is 10.8. The number of rotatable bonds is 18. The fourth-order valence-corrected chi connectivity index (χ4v) is 7.08. The fourth-order valence-electron chi connectivity index (χ4n) is 7.08. The Labute approximate surface area is 318 Å². The number of methoxy groups -OCH3 is 1. The molecule has 296 valence electrons. The summed E-state index contributed by atoms with van der Waals surface area (Å²) in [6, 6.07) is 5.85. The van der Waals surface area contributed by atoms with E-state index in [1.165, 1.54) is 63.8 Å². The average molecular weight is 751 g/mol. The van der Waals surface area contributed by atoms with E-state index in [0.717, 1.165) is 48.8 Å². The molecular weight excluding hydrogens is 692 g/mol. The number of hydrogen-bond donors (Lipinski definition) is 7. The largest absolute Gasteiger partial charge is 0.507 e. The molecule has 0 spiro atoms. The van der Waals surface area contributed by atoms with E-state index in [1.54, 1.807) is 0 Å². The summed E-state index contributed by atoms with van der Waals surface area (Å²) in [5.74, 6) is -2.44. The second-order valence-corrected chi connectivity index (χ2v) is 15.5. The van der Waals surface area contributed by atoms with Crippen LogP contribution >= 0.6 is 0 Å². The Balaban J connectivity index is 1.46. The van der Waals surface area contributed by atoms with Crippen molar-refractivity contribution in [3.8, 4) is 51.7 Å². The molecule has 0 aromatic heterocycles. The third-order valence-corrected chi connectivity index (χ3v) is 10.4. The van der Waals surface area contributed by atoms with E-state index in [0.29, 0.717) is 5.92 Å². The minimum absolute atomic E-state index is 0.0759. The highest BCUT2D eigenvalue weighted by Gasteiger charge is 2.38. The smallest absolute Gasteiger partial charge is 0.338 e. The Kier molecular flexibility index (Phi) is 14.6. The van der Waals surface area contributed by atoms with Crippen molar-refractivity contribution in [1.82, 2.24) is 0 Å². The van der Waals surface area contributed by atoms with Gasteiger partial charge in [0.2, 0.25) is 5.75 Å². The predicted octanol–water partition coefficient (Wildman–Crippen LogP) is 9.46. The van der Waals surface area contributed by atoms with Crippen LogP contribution in [0.25, 0.3) is 0 Å². The molecular formula is C43H58O11. The van der Waals surface area contributed by atoms with Crippen molar-refractivity contribution < 1.29 is 54.8 Å². The highest BCUT2D eigenvalue weighted by Crippen LogP contribution is 2.48. The van der Waals surface area contributed by atoms with Crippen LogP contribution in [-0.4, -0.2) is 54.9 Å². The Hall–Kier alpha value is -4.93. The predicted molar refractivity (Wildman–Crippen MR) is 206 cm³/mol. The van der Waals surface area contributed by atoms with Gasteiger partial charge in [0.05, 0.1) is 12.7 Å². The highest BCUT2D eigenvalue weighted by atomic mass is 16.6. The van der Waals surface area contributed by atoms with Gasteiger partial charge in [-0.3, -0.25) is 0 Å². The summed E-state index contributed by atoms with van der Waals surface area (Å²) in [4.78, 5) is 13.3. The molecule has 2 unspecified atom stereocenters. The van der Waals surface area contributed by atoms with E-state index in [-0.39, 0.29) is 58.1 Å². The summed E-state index contributed by atoms with van der Waals surface area (Å²) in [5.41, 5.74) is 1.67. The van der Waals surface area contributed by atoms with Gasteiger partial charge >= 0.3 is 5.97 Å². The topological polar surface area (TPSA) is 186 Å². The lowest BCUT2D eigenvalue weighted by Crippen LogP contribution is -2.35. The van der Waals surface area contributed by atoms with E-state index in [4.69, 9.17) is 14.2 Å². The highest BCUT2D eigenvalue weighted by molar-refractivity contribution is 5.91. The Bertz CT molecular complexity index is 1760. The summed E-state index contributed by atoms with van der Waals surface area (Å²) in [6.45, 7) is 11.3. The van der Waals surface area contributed by atoms with Crippen LogP contribution in [0.5, 0.6) is 51.7 Å². The van der Waals surface area contributed by atoms with Gasteiger partial charge in [0.25, 0.3) is 0 Å². The van der Waals surface area contributed by atoms with Crippen LogP contribution in [0.4, 0.5) is 0 Å². The van der Waals surface area contributed by atoms with E-state index < -0.39 is 46.9 Å². The molecule has 0 aliphatic carbocycles. The molecule has 1 aliphatic heterocycles. The van der Waals surface area contributed by atoms with Gasteiger partial charge in [-0.15, -0.1) is 0 Å². The van der Waals surface area contributed by atoms with Crippen molar-refractivity contribution in [3.05, 3.63) is 64.2 Å². The van der Waals surface area contributed by atoms with Crippen LogP contribution in [0, 0.1) is 17.8 Å². The first-order valence-electron chi connectivity index (χ1n) is 19.0. The van der Waals surface area contributed by atoms with Gasteiger partial charge in [-0.1, -0.05) is 84.3 Å². The molecule has 0 fully saturated rings. The number of benzene rings is 3. The molecule has 3 aromatic rings. The lowest BCUT2D eigenvalue weighted by atomic mass is 9.90. The quantitative estimate of drug-likeness (QED) is 0.0373. The van der Waals surface area contributed by atoms with Gasteiger partial charge in [-0.25, -0.2) is 4.79 Å². The van der Waals surface area contributed by atoms with Crippen molar-refractivity contribution in [2.45, 2.75) is 117 Å². The van der Waals surface area contributed by atoms with Crippen molar-refractivity contribution in [1.29, 1.82) is 0 Å². The number of carbonyl (C=O) groups is 1. The third-order valence-electron chi connectivity index (χ3n) is 10.4. The molecule has 7 N–H and O–H groups in total. The maximum atomic E-state index is 13.3. The van der Waals surface area contributed by atoms with Crippen LogP contribution < -0.4 is 9.47 Å². The number of ether oxygens (including phenoxy) is 3. The lowest BCUT2D eigenvalue weighted by Gasteiger charge is -2.34. The minimum Gasteiger partial charge on any atom is -0.507 e. The number of aromatic hydroxyl groups is 7. The molecule has 1 heterocycles. The van der Waals surface area contributed by atoms with Gasteiger partial charge < -0.3 is 50.0 Å². The van der Waals surface area contributed by atoms with Gasteiger partial charge in [-0.2, -0.15) is 0 Å². The van der Waals surface area contributed by atoms with Gasteiger partial charge in [0.1, 0.15) is 23.4 Å². The number of fused-ring (bicyclic) bond motifs is 1. The van der Waals surface area contributed by atoms with Crippen molar-refractivity contribution >= 4 is 5.97 Å². The SMILES string of the molecule is COc1cc([C@H]2Oc3cc(O)c(C/C=C(\C)CCCC(C)CCCC(C)CCCC(C)C)c(O)c3C[C@H]2OC(=O)c2cc(O)c(O)c(O)c2)cc(O)c1O. The molecule has 0 bridgehead atoms. The zero-order chi connectivity index (χ0) is 39.7. The molecule has 0 radical (unpaired) electrons. The number of carbonyl (C=O) groups excluding carboxylic acids is 1. The standard InChI is InChI=1S/C43H58O11/c1-24(2)10-7-11-25(3)12-8-13-26(4)14-9-15-27(5)16-17-30-32(44)23-36-31(39(30)48)22-38(54-43(51)29-19-33(45)40(49)34(46)20-29)42(53-36)28-18-35(47)41(50)37(21-28)52-6/h16,18-21,23-26,38,42,44-50H,7-15,17,22H2,1-6H3/b27-16+/t25?,26?,38-,42-/m1/s1. The Morgan fingerprint density at radius 3 is 1.98 bits per heavy atom. The van der Waals surface area contributed by atoms with Gasteiger partial charge in [-0.05, 0) is 68.2 Å². The first kappa shape index (κ1) is 41.8. The zero-order valence-electron chi connectivity index (χ0n) is 32.4. The Morgan fingerprint density at radius 2 is 1.37 bits per heavy atom. The van der Waals surface area contributed by atoms with Crippen molar-refractivity contribution in [2.75, 3.05) is 7.11 Å². The van der Waals surface area contributed by atoms with Crippen molar-refractivity contribution in [2.24, 2.45) is 17.8 Å². The van der Waals surface area contributed by atoms with Gasteiger partial charge in [0.15, 0.2) is 34.9 Å². The summed E-state index contributed by atoms with van der Waals surface area (Å²) in [6.07, 6.45) is 10.6. The number of allylic oxidation sites excluding steroid dienone is 2. The van der Waals surface area contributed by atoms with Crippen LogP contribution in [0.2, 0.25) is 0 Å². The molecule has 4 rings (SSSR count). The number of phenols is 7. The summed E-state index contributed by atoms with van der Waals surface area (Å²) in [7, 11) is 1.30. The second-order valence-electron chi connectivity index (χ2n) is 15.5. The molecule has 0 saturated carbocycles. The van der Waals surface area contributed by atoms with Crippen LogP contribution in [0.3, 0.4) is 0 Å². The molecule has 0 saturated heterocycles. The first-order valence-corrected chi connectivity index (χ1v) is 19.0. The zero-order valence-corrected chi connectivity index (χ0v) is 32.4. The maximum Gasteiger partial charge on any atom is 0.338 e. The molecule has 4 atom stereocenters. The minimum atomic E-state index is -1.16. The molecule has 11 heteroatoms. The van der Waals surface area contributed by atoms with E-state index in [1.807, 2.05) is 13.0 Å². The number of phenolic OH excluding ortho intramolecular Hbond substituents is 7. The summed E-state index contributed by atoms with van der Waals surface area (Å²) in [5, 5.41) is 72.8. The van der Waals surface area contributed by atoms with Crippen LogP contribution in [0.1, 0.15) is 126 Å². The first-order chi connectivity index (χ1) is 25.6. The summed E-state index contributed by atoms with van der Waals surface area (Å²) < 4.78 is 17.2. The fraction of sp³-hybridized carbons (Fsp3) is 0.512.